The molecule has 12 heavy (non-hydrogen) atoms. The van der Waals surface area contributed by atoms with Crippen molar-refractivity contribution < 1.29 is 15.0 Å². The van der Waals surface area contributed by atoms with Crippen LogP contribution in [0.5, 0.6) is 0 Å². The van der Waals surface area contributed by atoms with Gasteiger partial charge in [-0.15, -0.1) is 0 Å². The highest BCUT2D eigenvalue weighted by Gasteiger charge is 2.32. The van der Waals surface area contributed by atoms with Crippen LogP contribution in [-0.2, 0) is 4.79 Å². The Hall–Kier alpha value is -0.130. The Bertz CT molecular complexity index is 172. The molecule has 1 atom stereocenters. The SMILES string of the molecule is O=C1CC(Br)CN1C(CO)CO. The molecule has 0 aliphatic carbocycles. The Kier molecular flexibility index (Phi) is 3.49. The van der Waals surface area contributed by atoms with E-state index >= 15 is 0 Å². The van der Waals surface area contributed by atoms with E-state index in [4.69, 9.17) is 10.2 Å². The second-order valence-corrected chi connectivity index (χ2v) is 4.16. The maximum atomic E-state index is 11.2. The monoisotopic (exact) mass is 237 g/mol. The number of alkyl halides is 1. The number of rotatable bonds is 3. The van der Waals surface area contributed by atoms with Crippen molar-refractivity contribution in [2.45, 2.75) is 17.3 Å². The second-order valence-electron chi connectivity index (χ2n) is 2.87. The average Bonchev–Trinajstić information content (AvgIpc) is 2.34. The van der Waals surface area contributed by atoms with E-state index in [-0.39, 0.29) is 23.9 Å². The van der Waals surface area contributed by atoms with Crippen LogP contribution in [0, 0.1) is 0 Å². The van der Waals surface area contributed by atoms with E-state index in [0.717, 1.165) is 0 Å². The van der Waals surface area contributed by atoms with Crippen LogP contribution in [-0.4, -0.2) is 51.6 Å². The predicted octanol–water partition coefficient (Wildman–Crippen LogP) is -0.665. The van der Waals surface area contributed by atoms with Gasteiger partial charge in [0.15, 0.2) is 0 Å². The lowest BCUT2D eigenvalue weighted by Gasteiger charge is -2.23. The highest BCUT2D eigenvalue weighted by molar-refractivity contribution is 9.09. The molecule has 70 valence electrons. The lowest BCUT2D eigenvalue weighted by atomic mass is 10.3. The molecule has 0 aromatic carbocycles. The summed E-state index contributed by atoms with van der Waals surface area (Å²) in [5.74, 6) is -0.00928. The Balaban J connectivity index is 2.56. The first-order valence-corrected chi connectivity index (χ1v) is 4.76. The van der Waals surface area contributed by atoms with Crippen molar-refractivity contribution in [2.24, 2.45) is 0 Å². The van der Waals surface area contributed by atoms with E-state index in [1.165, 1.54) is 4.90 Å². The van der Waals surface area contributed by atoms with Crippen molar-refractivity contribution in [3.63, 3.8) is 0 Å². The molecule has 0 radical (unpaired) electrons. The summed E-state index contributed by atoms with van der Waals surface area (Å²) in [6.45, 7) is 0.217. The van der Waals surface area contributed by atoms with E-state index in [1.54, 1.807) is 0 Å². The summed E-state index contributed by atoms with van der Waals surface area (Å²) in [5.41, 5.74) is 0. The number of aliphatic hydroxyl groups excluding tert-OH is 2. The molecule has 1 aliphatic heterocycles. The number of aliphatic hydroxyl groups is 2. The summed E-state index contributed by atoms with van der Waals surface area (Å²) in [5, 5.41) is 17.6. The molecule has 0 aromatic heterocycles. The van der Waals surface area contributed by atoms with Gasteiger partial charge in [0.1, 0.15) is 0 Å². The smallest absolute Gasteiger partial charge is 0.224 e. The fourth-order valence-electron chi connectivity index (χ4n) is 1.29. The first kappa shape index (κ1) is 9.95. The minimum absolute atomic E-state index is 0.00928. The molecular formula is C7H12BrNO3. The minimum atomic E-state index is -0.431. The van der Waals surface area contributed by atoms with Gasteiger partial charge >= 0.3 is 0 Å². The van der Waals surface area contributed by atoms with E-state index in [1.807, 2.05) is 0 Å². The van der Waals surface area contributed by atoms with Gasteiger partial charge in [0, 0.05) is 17.8 Å². The highest BCUT2D eigenvalue weighted by Crippen LogP contribution is 2.19. The molecule has 1 heterocycles. The number of hydrogen-bond donors (Lipinski definition) is 2. The standard InChI is InChI=1S/C7H12BrNO3/c8-5-1-7(12)9(2-5)6(3-10)4-11/h5-6,10-11H,1-4H2. The van der Waals surface area contributed by atoms with Crippen molar-refractivity contribution in [3.8, 4) is 0 Å². The van der Waals surface area contributed by atoms with Crippen molar-refractivity contribution in [1.82, 2.24) is 4.90 Å². The van der Waals surface area contributed by atoms with Crippen LogP contribution < -0.4 is 0 Å². The second kappa shape index (κ2) is 4.20. The topological polar surface area (TPSA) is 60.8 Å². The number of nitrogens with zero attached hydrogens (tertiary/aromatic N) is 1. The molecule has 1 saturated heterocycles. The third-order valence-electron chi connectivity index (χ3n) is 1.97. The van der Waals surface area contributed by atoms with Gasteiger partial charge in [-0.25, -0.2) is 0 Å². The molecule has 4 nitrogen and oxygen atoms in total. The number of carbonyl (C=O) groups excluding carboxylic acids is 1. The molecule has 0 saturated carbocycles. The Morgan fingerprint density at radius 3 is 2.50 bits per heavy atom. The number of likely N-dealkylation sites (tertiary alicyclic amines) is 1. The van der Waals surface area contributed by atoms with Crippen molar-refractivity contribution in [2.75, 3.05) is 19.8 Å². The van der Waals surface area contributed by atoms with Crippen molar-refractivity contribution in [3.05, 3.63) is 0 Å². The first-order valence-electron chi connectivity index (χ1n) is 3.84. The molecular weight excluding hydrogens is 226 g/mol. The zero-order valence-electron chi connectivity index (χ0n) is 6.61. The van der Waals surface area contributed by atoms with Gasteiger partial charge in [0.05, 0.1) is 19.3 Å². The van der Waals surface area contributed by atoms with Gasteiger partial charge in [-0.3, -0.25) is 4.79 Å². The van der Waals surface area contributed by atoms with Crippen molar-refractivity contribution in [1.29, 1.82) is 0 Å². The van der Waals surface area contributed by atoms with Crippen LogP contribution in [0.4, 0.5) is 0 Å². The largest absolute Gasteiger partial charge is 0.394 e. The van der Waals surface area contributed by atoms with Crippen molar-refractivity contribution >= 4 is 21.8 Å². The van der Waals surface area contributed by atoms with Crippen LogP contribution in [0.2, 0.25) is 0 Å². The number of amides is 1. The summed E-state index contributed by atoms with van der Waals surface area (Å²) < 4.78 is 0. The number of halogens is 1. The van der Waals surface area contributed by atoms with Crippen LogP contribution in [0.3, 0.4) is 0 Å². The summed E-state index contributed by atoms with van der Waals surface area (Å²) in [6, 6.07) is -0.431. The van der Waals surface area contributed by atoms with E-state index < -0.39 is 6.04 Å². The Morgan fingerprint density at radius 2 is 2.17 bits per heavy atom. The molecule has 0 aromatic rings. The molecule has 2 N–H and O–H groups in total. The highest BCUT2D eigenvalue weighted by atomic mass is 79.9. The number of carbonyl (C=O) groups is 1. The molecule has 1 fully saturated rings. The first-order chi connectivity index (χ1) is 5.69. The molecule has 1 unspecified atom stereocenters. The predicted molar refractivity (Wildman–Crippen MR) is 47.0 cm³/mol. The molecule has 0 bridgehead atoms. The van der Waals surface area contributed by atoms with Crippen LogP contribution in [0.25, 0.3) is 0 Å². The molecule has 5 heteroatoms. The van der Waals surface area contributed by atoms with Gasteiger partial charge in [-0.1, -0.05) is 15.9 Å². The molecule has 0 spiro atoms. The summed E-state index contributed by atoms with van der Waals surface area (Å²) in [7, 11) is 0. The summed E-state index contributed by atoms with van der Waals surface area (Å²) >= 11 is 3.32. The van der Waals surface area contributed by atoms with E-state index in [9.17, 15) is 4.79 Å². The fourth-order valence-corrected chi connectivity index (χ4v) is 1.88. The average molecular weight is 238 g/mol. The third kappa shape index (κ3) is 1.97. The Labute approximate surface area is 79.3 Å². The van der Waals surface area contributed by atoms with Crippen LogP contribution in [0.1, 0.15) is 6.42 Å². The molecule has 1 amide bonds. The van der Waals surface area contributed by atoms with Gasteiger partial charge in [-0.05, 0) is 0 Å². The maximum absolute atomic E-state index is 11.2. The summed E-state index contributed by atoms with van der Waals surface area (Å²) in [6.07, 6.45) is 0.455. The van der Waals surface area contributed by atoms with Gasteiger partial charge in [-0.2, -0.15) is 0 Å². The van der Waals surface area contributed by atoms with Gasteiger partial charge in [0.2, 0.25) is 5.91 Å². The van der Waals surface area contributed by atoms with Gasteiger partial charge in [0.25, 0.3) is 0 Å². The Morgan fingerprint density at radius 1 is 1.58 bits per heavy atom. The normalized spacial score (nSPS) is 24.2. The molecule has 1 aliphatic rings. The lowest BCUT2D eigenvalue weighted by molar-refractivity contribution is -0.131. The van der Waals surface area contributed by atoms with Crippen LogP contribution in [0.15, 0.2) is 0 Å². The van der Waals surface area contributed by atoms with Gasteiger partial charge < -0.3 is 15.1 Å². The quantitative estimate of drug-likeness (QED) is 0.641. The van der Waals surface area contributed by atoms with E-state index in [0.29, 0.717) is 13.0 Å². The zero-order chi connectivity index (χ0) is 9.14. The zero-order valence-corrected chi connectivity index (χ0v) is 8.20. The maximum Gasteiger partial charge on any atom is 0.224 e. The van der Waals surface area contributed by atoms with Crippen LogP contribution >= 0.6 is 15.9 Å². The lowest BCUT2D eigenvalue weighted by Crippen LogP contribution is -2.41. The number of hydrogen-bond acceptors (Lipinski definition) is 3. The fraction of sp³-hybridized carbons (Fsp3) is 0.857. The molecule has 1 rings (SSSR count). The minimum Gasteiger partial charge on any atom is -0.394 e. The summed E-state index contributed by atoms with van der Waals surface area (Å²) in [4.78, 5) is 12.9. The van der Waals surface area contributed by atoms with E-state index in [2.05, 4.69) is 15.9 Å². The third-order valence-corrected chi connectivity index (χ3v) is 2.59.